The summed E-state index contributed by atoms with van der Waals surface area (Å²) >= 11 is 0. The molecule has 2 N–H and O–H groups in total. The molecule has 5 aromatic rings. The van der Waals surface area contributed by atoms with Crippen LogP contribution >= 0.6 is 0 Å². The van der Waals surface area contributed by atoms with Crippen LogP contribution in [0.15, 0.2) is 121 Å². The Labute approximate surface area is 283 Å². The number of benzene rings is 4. The maximum Gasteiger partial charge on any atom is 0.253 e. The van der Waals surface area contributed by atoms with Gasteiger partial charge in [0.15, 0.2) is 12.1 Å². The van der Waals surface area contributed by atoms with Crippen molar-refractivity contribution >= 4 is 24.3 Å². The Balaban J connectivity index is 1.24. The minimum atomic E-state index is -1.15. The monoisotopic (exact) mass is 657 g/mol. The van der Waals surface area contributed by atoms with E-state index in [1.54, 1.807) is 49.4 Å². The number of hydrogen-bond donors (Lipinski definition) is 2. The standard InChI is InChI=1S/C38H35N5O6/c1-46-29-17-13-27(14-18-29)38(26-11-7-4-8-12-26,28-15-19-30(47-2)20-16-28)49-31-21-33(48-32(31)22-44)43-24-41-34-35(39-23-40-36(34)43)42-37(45)25-9-5-3-6-10-25/h3-20,22-24,31-33,35H,21H2,1-2H3,(H,39,40)(H,42,45)/t31-,32+,33+,35?/m0/s1. The van der Waals surface area contributed by atoms with Gasteiger partial charge in [-0.05, 0) is 53.1 Å². The molecule has 2 aliphatic rings. The molecule has 0 bridgehead atoms. The Morgan fingerprint density at radius 3 is 2.06 bits per heavy atom. The zero-order valence-corrected chi connectivity index (χ0v) is 26.9. The number of aliphatic imine (C=N–C) groups is 1. The topological polar surface area (TPSA) is 125 Å². The fourth-order valence-electron chi connectivity index (χ4n) is 6.41. The number of ether oxygens (including phenoxy) is 4. The number of methoxy groups -OCH3 is 2. The van der Waals surface area contributed by atoms with E-state index >= 15 is 0 Å². The number of carbonyl (C=O) groups is 2. The quantitative estimate of drug-likeness (QED) is 0.142. The molecule has 1 saturated heterocycles. The number of aldehydes is 1. The number of aromatic nitrogens is 2. The molecule has 1 amide bonds. The zero-order valence-electron chi connectivity index (χ0n) is 26.9. The number of imidazole rings is 1. The van der Waals surface area contributed by atoms with Crippen LogP contribution in [0.1, 0.15) is 51.6 Å². The lowest BCUT2D eigenvalue weighted by molar-refractivity contribution is -0.130. The molecule has 1 aromatic heterocycles. The first-order valence-corrected chi connectivity index (χ1v) is 15.9. The maximum absolute atomic E-state index is 12.9. The van der Waals surface area contributed by atoms with Crippen molar-refractivity contribution < 1.29 is 28.5 Å². The Bertz CT molecular complexity index is 1880. The van der Waals surface area contributed by atoms with Gasteiger partial charge in [0, 0.05) is 12.0 Å². The Hall–Kier alpha value is -5.78. The predicted molar refractivity (Wildman–Crippen MR) is 182 cm³/mol. The van der Waals surface area contributed by atoms with Crippen LogP contribution in [0.25, 0.3) is 0 Å². The number of carbonyl (C=O) groups excluding carboxylic acids is 2. The summed E-state index contributed by atoms with van der Waals surface area (Å²) in [5.74, 6) is 1.66. The van der Waals surface area contributed by atoms with Crippen LogP contribution in [0.4, 0.5) is 5.82 Å². The number of hydrogen-bond acceptors (Lipinski definition) is 9. The Morgan fingerprint density at radius 2 is 1.47 bits per heavy atom. The van der Waals surface area contributed by atoms with Crippen LogP contribution in [-0.4, -0.2) is 54.5 Å². The normalized spacial score (nSPS) is 19.8. The first-order valence-electron chi connectivity index (χ1n) is 15.9. The van der Waals surface area contributed by atoms with E-state index < -0.39 is 30.2 Å². The van der Waals surface area contributed by atoms with E-state index in [1.807, 2.05) is 84.9 Å². The van der Waals surface area contributed by atoms with Crippen LogP contribution in [0, 0.1) is 0 Å². The molecule has 49 heavy (non-hydrogen) atoms. The number of nitrogens with one attached hydrogen (secondary N) is 2. The van der Waals surface area contributed by atoms with Gasteiger partial charge in [-0.3, -0.25) is 9.36 Å². The molecule has 2 aliphatic heterocycles. The molecule has 4 atom stereocenters. The second-order valence-electron chi connectivity index (χ2n) is 11.6. The summed E-state index contributed by atoms with van der Waals surface area (Å²) in [4.78, 5) is 34.7. The second-order valence-corrected chi connectivity index (χ2v) is 11.6. The van der Waals surface area contributed by atoms with E-state index in [9.17, 15) is 9.59 Å². The third kappa shape index (κ3) is 6.05. The molecule has 11 heteroatoms. The summed E-state index contributed by atoms with van der Waals surface area (Å²) in [6, 6.07) is 34.3. The molecular formula is C38H35N5O6. The van der Waals surface area contributed by atoms with Crippen LogP contribution < -0.4 is 20.1 Å². The molecule has 3 heterocycles. The summed E-state index contributed by atoms with van der Waals surface area (Å²) < 4.78 is 26.3. The summed E-state index contributed by atoms with van der Waals surface area (Å²) in [7, 11) is 3.25. The van der Waals surface area contributed by atoms with Crippen molar-refractivity contribution in [2.75, 3.05) is 14.2 Å². The first-order chi connectivity index (χ1) is 24.0. The van der Waals surface area contributed by atoms with E-state index in [-0.39, 0.29) is 5.91 Å². The van der Waals surface area contributed by atoms with Crippen molar-refractivity contribution in [3.8, 4) is 11.5 Å². The van der Waals surface area contributed by atoms with Gasteiger partial charge in [-0.25, -0.2) is 9.98 Å². The van der Waals surface area contributed by atoms with Gasteiger partial charge in [-0.15, -0.1) is 0 Å². The number of nitrogens with zero attached hydrogens (tertiary/aromatic N) is 3. The Kier molecular flexibility index (Phi) is 8.93. The number of rotatable bonds is 11. The van der Waals surface area contributed by atoms with Gasteiger partial charge in [0.2, 0.25) is 0 Å². The van der Waals surface area contributed by atoms with Crippen LogP contribution in [0.5, 0.6) is 11.5 Å². The number of fused-ring (bicyclic) bond motifs is 1. The lowest BCUT2D eigenvalue weighted by atomic mass is 9.79. The summed E-state index contributed by atoms with van der Waals surface area (Å²) in [6.45, 7) is 0. The lowest BCUT2D eigenvalue weighted by Gasteiger charge is -2.38. The van der Waals surface area contributed by atoms with E-state index in [2.05, 4.69) is 20.6 Å². The highest BCUT2D eigenvalue weighted by Crippen LogP contribution is 2.46. The molecule has 11 nitrogen and oxygen atoms in total. The molecule has 7 rings (SSSR count). The van der Waals surface area contributed by atoms with Crippen LogP contribution in [-0.2, 0) is 19.9 Å². The predicted octanol–water partition coefficient (Wildman–Crippen LogP) is 5.46. The molecule has 248 valence electrons. The molecule has 0 spiro atoms. The largest absolute Gasteiger partial charge is 0.497 e. The van der Waals surface area contributed by atoms with Crippen molar-refractivity contribution in [1.29, 1.82) is 0 Å². The minimum Gasteiger partial charge on any atom is -0.497 e. The summed E-state index contributed by atoms with van der Waals surface area (Å²) in [5, 5.41) is 6.04. The highest BCUT2D eigenvalue weighted by Gasteiger charge is 2.46. The van der Waals surface area contributed by atoms with Gasteiger partial charge >= 0.3 is 0 Å². The third-order valence-electron chi connectivity index (χ3n) is 8.87. The Morgan fingerprint density at radius 1 is 0.878 bits per heavy atom. The van der Waals surface area contributed by atoms with Crippen LogP contribution in [0.2, 0.25) is 0 Å². The smallest absolute Gasteiger partial charge is 0.253 e. The van der Waals surface area contributed by atoms with Gasteiger partial charge in [0.1, 0.15) is 41.3 Å². The second kappa shape index (κ2) is 13.8. The van der Waals surface area contributed by atoms with Gasteiger partial charge < -0.3 is 34.4 Å². The van der Waals surface area contributed by atoms with E-state index in [1.165, 1.54) is 6.34 Å². The molecule has 0 saturated carbocycles. The highest BCUT2D eigenvalue weighted by atomic mass is 16.6. The minimum absolute atomic E-state index is 0.255. The lowest BCUT2D eigenvalue weighted by Crippen LogP contribution is -2.40. The summed E-state index contributed by atoms with van der Waals surface area (Å²) in [5.41, 5.74) is 2.45. The first kappa shape index (κ1) is 31.8. The van der Waals surface area contributed by atoms with E-state index in [0.29, 0.717) is 35.0 Å². The van der Waals surface area contributed by atoms with Crippen molar-refractivity contribution in [2.24, 2.45) is 4.99 Å². The van der Waals surface area contributed by atoms with E-state index in [4.69, 9.17) is 18.9 Å². The zero-order chi connectivity index (χ0) is 33.8. The molecular weight excluding hydrogens is 622 g/mol. The average molecular weight is 658 g/mol. The van der Waals surface area contributed by atoms with E-state index in [0.717, 1.165) is 23.0 Å². The number of amides is 1. The van der Waals surface area contributed by atoms with Gasteiger partial charge in [0.25, 0.3) is 5.91 Å². The van der Waals surface area contributed by atoms with Crippen LogP contribution in [0.3, 0.4) is 0 Å². The van der Waals surface area contributed by atoms with Crippen molar-refractivity contribution in [2.45, 2.75) is 36.6 Å². The van der Waals surface area contributed by atoms with Crippen molar-refractivity contribution in [3.63, 3.8) is 0 Å². The van der Waals surface area contributed by atoms with Crippen molar-refractivity contribution in [3.05, 3.63) is 143 Å². The molecule has 1 unspecified atom stereocenters. The van der Waals surface area contributed by atoms with Gasteiger partial charge in [-0.1, -0.05) is 72.8 Å². The molecule has 1 fully saturated rings. The van der Waals surface area contributed by atoms with Gasteiger partial charge in [-0.2, -0.15) is 0 Å². The fourth-order valence-corrected chi connectivity index (χ4v) is 6.41. The summed E-state index contributed by atoms with van der Waals surface area (Å²) in [6.07, 6.45) is 1.40. The molecule has 0 aliphatic carbocycles. The average Bonchev–Trinajstić information content (AvgIpc) is 3.79. The molecule has 4 aromatic carbocycles. The van der Waals surface area contributed by atoms with Gasteiger partial charge in [0.05, 0.1) is 33.0 Å². The SMILES string of the molecule is COc1ccc(C(O[C@H]2C[C@H](n3cnc4c3N=CNC4NC(=O)c3ccccc3)O[C@@H]2C=O)(c2ccccc2)c2ccc(OC)cc2)cc1. The van der Waals surface area contributed by atoms with Crippen molar-refractivity contribution in [1.82, 2.24) is 20.2 Å². The fraction of sp³-hybridized carbons (Fsp3) is 0.211. The molecule has 0 radical (unpaired) electrons. The highest BCUT2D eigenvalue weighted by molar-refractivity contribution is 5.94. The third-order valence-corrected chi connectivity index (χ3v) is 8.87. The maximum atomic E-state index is 12.9.